The molecule has 1 heterocycles. The molecule has 0 radical (unpaired) electrons. The Labute approximate surface area is 116 Å². The number of nitrogens with one attached hydrogen (secondary N) is 1. The van der Waals surface area contributed by atoms with Gasteiger partial charge in [0.1, 0.15) is 5.82 Å². The van der Waals surface area contributed by atoms with Crippen molar-refractivity contribution in [3.05, 3.63) is 11.6 Å². The largest absolute Gasteiger partial charge is 0.382 e. The first kappa shape index (κ1) is 16.1. The molecule has 0 aliphatic heterocycles. The van der Waals surface area contributed by atoms with Gasteiger partial charge in [0.15, 0.2) is 5.82 Å². The monoisotopic (exact) mass is 268 g/mol. The van der Waals surface area contributed by atoms with Crippen LogP contribution in [0.4, 0.5) is 0 Å². The van der Waals surface area contributed by atoms with Gasteiger partial charge in [0.2, 0.25) is 0 Å². The highest BCUT2D eigenvalue weighted by Crippen LogP contribution is 2.00. The first-order valence-electron chi connectivity index (χ1n) is 7.52. The van der Waals surface area contributed by atoms with E-state index in [1.807, 2.05) is 11.6 Å². The summed E-state index contributed by atoms with van der Waals surface area (Å²) in [6.45, 7) is 10.9. The van der Waals surface area contributed by atoms with Crippen LogP contribution in [0.25, 0.3) is 0 Å². The van der Waals surface area contributed by atoms with Gasteiger partial charge < -0.3 is 10.1 Å². The number of nitrogens with zero attached hydrogens (tertiary/aromatic N) is 3. The van der Waals surface area contributed by atoms with Crippen LogP contribution in [0.15, 0.2) is 0 Å². The van der Waals surface area contributed by atoms with Crippen LogP contribution in [0.3, 0.4) is 0 Å². The SMILES string of the molecule is CCOCCCCNCCn1nc(CC)nc1CC. The Hall–Kier alpha value is -0.940. The van der Waals surface area contributed by atoms with Crippen LogP contribution in [-0.2, 0) is 24.1 Å². The highest BCUT2D eigenvalue weighted by Gasteiger charge is 2.05. The third-order valence-corrected chi connectivity index (χ3v) is 3.02. The van der Waals surface area contributed by atoms with Gasteiger partial charge in [0.05, 0.1) is 6.54 Å². The Bertz CT molecular complexity index is 338. The van der Waals surface area contributed by atoms with Crippen molar-refractivity contribution in [1.82, 2.24) is 20.1 Å². The van der Waals surface area contributed by atoms with Crippen LogP contribution < -0.4 is 5.32 Å². The fraction of sp³-hybridized carbons (Fsp3) is 0.857. The van der Waals surface area contributed by atoms with Gasteiger partial charge in [-0.15, -0.1) is 0 Å². The molecule has 1 N–H and O–H groups in total. The Morgan fingerprint density at radius 1 is 1.11 bits per heavy atom. The number of hydrogen-bond donors (Lipinski definition) is 1. The molecular weight excluding hydrogens is 240 g/mol. The highest BCUT2D eigenvalue weighted by molar-refractivity contribution is 4.92. The summed E-state index contributed by atoms with van der Waals surface area (Å²) in [5, 5.41) is 7.95. The van der Waals surface area contributed by atoms with Crippen LogP contribution >= 0.6 is 0 Å². The minimum absolute atomic E-state index is 0.819. The average Bonchev–Trinajstić information content (AvgIpc) is 2.84. The van der Waals surface area contributed by atoms with Gasteiger partial charge in [0.25, 0.3) is 0 Å². The molecule has 5 heteroatoms. The van der Waals surface area contributed by atoms with Crippen molar-refractivity contribution in [2.24, 2.45) is 0 Å². The van der Waals surface area contributed by atoms with Crippen LogP contribution in [-0.4, -0.2) is 41.1 Å². The Morgan fingerprint density at radius 3 is 2.63 bits per heavy atom. The molecule has 0 saturated heterocycles. The molecule has 0 unspecified atom stereocenters. The summed E-state index contributed by atoms with van der Waals surface area (Å²) >= 11 is 0. The first-order valence-corrected chi connectivity index (χ1v) is 7.52. The number of unbranched alkanes of at least 4 members (excludes halogenated alkanes) is 1. The van der Waals surface area contributed by atoms with E-state index in [2.05, 4.69) is 29.2 Å². The van der Waals surface area contributed by atoms with Crippen molar-refractivity contribution in [2.45, 2.75) is 53.0 Å². The third-order valence-electron chi connectivity index (χ3n) is 3.02. The van der Waals surface area contributed by atoms with Crippen LogP contribution in [0.1, 0.15) is 45.3 Å². The lowest BCUT2D eigenvalue weighted by atomic mass is 10.3. The fourth-order valence-electron chi connectivity index (χ4n) is 1.92. The summed E-state index contributed by atoms with van der Waals surface area (Å²) in [4.78, 5) is 4.50. The first-order chi connectivity index (χ1) is 9.31. The third kappa shape index (κ3) is 6.16. The van der Waals surface area contributed by atoms with E-state index < -0.39 is 0 Å². The molecule has 5 nitrogen and oxygen atoms in total. The molecule has 1 rings (SSSR count). The number of hydrogen-bond acceptors (Lipinski definition) is 4. The predicted octanol–water partition coefficient (Wildman–Crippen LogP) is 1.81. The number of aryl methyl sites for hydroxylation is 2. The lowest BCUT2D eigenvalue weighted by Crippen LogP contribution is -2.22. The van der Waals surface area contributed by atoms with E-state index in [0.717, 1.165) is 70.2 Å². The maximum absolute atomic E-state index is 5.30. The summed E-state index contributed by atoms with van der Waals surface area (Å²) in [6.07, 6.45) is 4.15. The number of aromatic nitrogens is 3. The molecule has 0 aliphatic carbocycles. The van der Waals surface area contributed by atoms with Gasteiger partial charge in [-0.2, -0.15) is 5.10 Å². The van der Waals surface area contributed by atoms with Gasteiger partial charge in [-0.25, -0.2) is 9.67 Å². The summed E-state index contributed by atoms with van der Waals surface area (Å²) < 4.78 is 7.34. The summed E-state index contributed by atoms with van der Waals surface area (Å²) in [5.74, 6) is 2.04. The normalized spacial score (nSPS) is 11.1. The maximum Gasteiger partial charge on any atom is 0.150 e. The second-order valence-electron chi connectivity index (χ2n) is 4.53. The minimum atomic E-state index is 0.819. The van der Waals surface area contributed by atoms with Gasteiger partial charge in [-0.1, -0.05) is 13.8 Å². The van der Waals surface area contributed by atoms with Crippen molar-refractivity contribution in [3.8, 4) is 0 Å². The van der Waals surface area contributed by atoms with E-state index in [4.69, 9.17) is 4.74 Å². The standard InChI is InChI=1S/C14H28N4O/c1-4-13-16-14(5-2)18(17-13)11-10-15-9-7-8-12-19-6-3/h15H,4-12H2,1-3H3. The van der Waals surface area contributed by atoms with Crippen molar-refractivity contribution in [3.63, 3.8) is 0 Å². The van der Waals surface area contributed by atoms with Gasteiger partial charge in [0, 0.05) is 32.6 Å². The molecule has 0 spiro atoms. The summed E-state index contributed by atoms with van der Waals surface area (Å²) in [6, 6.07) is 0. The topological polar surface area (TPSA) is 52.0 Å². The van der Waals surface area contributed by atoms with Crippen molar-refractivity contribution >= 4 is 0 Å². The summed E-state index contributed by atoms with van der Waals surface area (Å²) in [5.41, 5.74) is 0. The van der Waals surface area contributed by atoms with Gasteiger partial charge in [-0.3, -0.25) is 0 Å². The zero-order valence-corrected chi connectivity index (χ0v) is 12.6. The number of ether oxygens (including phenoxy) is 1. The molecular formula is C14H28N4O. The smallest absolute Gasteiger partial charge is 0.150 e. The second kappa shape index (κ2) is 9.92. The quantitative estimate of drug-likeness (QED) is 0.622. The zero-order chi connectivity index (χ0) is 13.9. The van der Waals surface area contributed by atoms with E-state index in [9.17, 15) is 0 Å². The molecule has 1 aromatic heterocycles. The van der Waals surface area contributed by atoms with E-state index in [1.54, 1.807) is 0 Å². The molecule has 0 saturated carbocycles. The Morgan fingerprint density at radius 2 is 1.95 bits per heavy atom. The molecule has 0 fully saturated rings. The summed E-state index contributed by atoms with van der Waals surface area (Å²) in [7, 11) is 0. The molecule has 0 atom stereocenters. The lowest BCUT2D eigenvalue weighted by molar-refractivity contribution is 0.143. The number of rotatable bonds is 11. The Balaban J connectivity index is 2.13. The molecule has 110 valence electrons. The van der Waals surface area contributed by atoms with E-state index in [0.29, 0.717) is 0 Å². The highest BCUT2D eigenvalue weighted by atomic mass is 16.5. The van der Waals surface area contributed by atoms with Crippen molar-refractivity contribution in [1.29, 1.82) is 0 Å². The molecule has 0 aliphatic rings. The molecule has 0 amide bonds. The van der Waals surface area contributed by atoms with Gasteiger partial charge >= 0.3 is 0 Å². The van der Waals surface area contributed by atoms with Crippen LogP contribution in [0, 0.1) is 0 Å². The van der Waals surface area contributed by atoms with Crippen molar-refractivity contribution < 1.29 is 4.74 Å². The minimum Gasteiger partial charge on any atom is -0.382 e. The maximum atomic E-state index is 5.30. The van der Waals surface area contributed by atoms with Crippen molar-refractivity contribution in [2.75, 3.05) is 26.3 Å². The fourth-order valence-corrected chi connectivity index (χ4v) is 1.92. The molecule has 1 aromatic rings. The van der Waals surface area contributed by atoms with E-state index >= 15 is 0 Å². The van der Waals surface area contributed by atoms with E-state index in [-0.39, 0.29) is 0 Å². The van der Waals surface area contributed by atoms with Gasteiger partial charge in [-0.05, 0) is 26.3 Å². The predicted molar refractivity (Wildman–Crippen MR) is 77.4 cm³/mol. The van der Waals surface area contributed by atoms with Crippen LogP contribution in [0.2, 0.25) is 0 Å². The molecule has 19 heavy (non-hydrogen) atoms. The molecule has 0 aromatic carbocycles. The molecule has 0 bridgehead atoms. The van der Waals surface area contributed by atoms with Crippen LogP contribution in [0.5, 0.6) is 0 Å². The zero-order valence-electron chi connectivity index (χ0n) is 12.6. The lowest BCUT2D eigenvalue weighted by Gasteiger charge is -2.06. The average molecular weight is 268 g/mol. The Kier molecular flexibility index (Phi) is 8.41. The van der Waals surface area contributed by atoms with E-state index in [1.165, 1.54) is 0 Å². The second-order valence-corrected chi connectivity index (χ2v) is 4.53.